The lowest BCUT2D eigenvalue weighted by molar-refractivity contribution is -0.120. The molecule has 0 bridgehead atoms. The second-order valence-electron chi connectivity index (χ2n) is 4.35. The van der Waals surface area contributed by atoms with Gasteiger partial charge >= 0.3 is 0 Å². The summed E-state index contributed by atoms with van der Waals surface area (Å²) >= 11 is 1.70. The van der Waals surface area contributed by atoms with Crippen molar-refractivity contribution in [2.45, 2.75) is 18.5 Å². The Morgan fingerprint density at radius 3 is 2.94 bits per heavy atom. The van der Waals surface area contributed by atoms with Crippen LogP contribution in [0.15, 0.2) is 30.3 Å². The molecular formula is C13H18N2O2S. The zero-order valence-electron chi connectivity index (χ0n) is 10.4. The van der Waals surface area contributed by atoms with Crippen LogP contribution in [-0.2, 0) is 4.79 Å². The SMILES string of the molecule is CC(=O)NC1SCCN1CC(O)c1ccccc1. The highest BCUT2D eigenvalue weighted by atomic mass is 32.2. The van der Waals surface area contributed by atoms with Crippen LogP contribution in [0.3, 0.4) is 0 Å². The van der Waals surface area contributed by atoms with E-state index in [4.69, 9.17) is 0 Å². The third kappa shape index (κ3) is 3.48. The number of hydrogen-bond acceptors (Lipinski definition) is 4. The van der Waals surface area contributed by atoms with E-state index in [1.165, 1.54) is 6.92 Å². The van der Waals surface area contributed by atoms with Crippen LogP contribution < -0.4 is 5.32 Å². The molecule has 5 heteroatoms. The van der Waals surface area contributed by atoms with Crippen molar-refractivity contribution in [3.05, 3.63) is 35.9 Å². The third-order valence-electron chi connectivity index (χ3n) is 2.90. The first-order valence-electron chi connectivity index (χ1n) is 6.02. The average molecular weight is 266 g/mol. The number of rotatable bonds is 4. The van der Waals surface area contributed by atoms with E-state index in [1.807, 2.05) is 30.3 Å². The van der Waals surface area contributed by atoms with Gasteiger partial charge < -0.3 is 10.4 Å². The molecule has 0 aromatic heterocycles. The minimum Gasteiger partial charge on any atom is -0.387 e. The van der Waals surface area contributed by atoms with Gasteiger partial charge in [-0.05, 0) is 5.56 Å². The van der Waals surface area contributed by atoms with Crippen LogP contribution in [0, 0.1) is 0 Å². The van der Waals surface area contributed by atoms with Gasteiger partial charge in [-0.15, -0.1) is 11.8 Å². The number of thioether (sulfide) groups is 1. The average Bonchev–Trinajstić information content (AvgIpc) is 2.77. The van der Waals surface area contributed by atoms with Crippen LogP contribution in [0.1, 0.15) is 18.6 Å². The fourth-order valence-electron chi connectivity index (χ4n) is 2.00. The Labute approximate surface area is 111 Å². The summed E-state index contributed by atoms with van der Waals surface area (Å²) in [6, 6.07) is 9.61. The lowest BCUT2D eigenvalue weighted by Crippen LogP contribution is -2.43. The molecule has 2 unspecified atom stereocenters. The number of benzene rings is 1. The molecule has 1 aromatic carbocycles. The minimum absolute atomic E-state index is 0.0131. The fraction of sp³-hybridized carbons (Fsp3) is 0.462. The summed E-state index contributed by atoms with van der Waals surface area (Å²) in [7, 11) is 0. The lowest BCUT2D eigenvalue weighted by Gasteiger charge is -2.26. The summed E-state index contributed by atoms with van der Waals surface area (Å²) in [5.41, 5.74) is 0.900. The van der Waals surface area contributed by atoms with Crippen LogP contribution in [-0.4, -0.2) is 40.3 Å². The summed E-state index contributed by atoms with van der Waals surface area (Å²) in [4.78, 5) is 13.2. The van der Waals surface area contributed by atoms with Gasteiger partial charge in [0.25, 0.3) is 0 Å². The number of hydrogen-bond donors (Lipinski definition) is 2. The van der Waals surface area contributed by atoms with E-state index in [1.54, 1.807) is 11.8 Å². The highest BCUT2D eigenvalue weighted by Crippen LogP contribution is 2.24. The van der Waals surface area contributed by atoms with Gasteiger partial charge in [0.2, 0.25) is 5.91 Å². The van der Waals surface area contributed by atoms with Crippen molar-refractivity contribution in [1.29, 1.82) is 0 Å². The molecule has 1 amide bonds. The molecule has 1 fully saturated rings. The van der Waals surface area contributed by atoms with E-state index in [0.717, 1.165) is 17.9 Å². The van der Waals surface area contributed by atoms with Gasteiger partial charge in [0.1, 0.15) is 5.50 Å². The van der Waals surface area contributed by atoms with Crippen molar-refractivity contribution in [1.82, 2.24) is 10.2 Å². The maximum absolute atomic E-state index is 11.1. The number of carbonyl (C=O) groups is 1. The summed E-state index contributed by atoms with van der Waals surface area (Å²) < 4.78 is 0. The first-order chi connectivity index (χ1) is 8.66. The predicted octanol–water partition coefficient (Wildman–Crippen LogP) is 1.19. The molecule has 1 saturated heterocycles. The molecule has 4 nitrogen and oxygen atoms in total. The Morgan fingerprint density at radius 1 is 1.56 bits per heavy atom. The maximum atomic E-state index is 11.1. The topological polar surface area (TPSA) is 52.6 Å². The molecule has 0 aliphatic carbocycles. The largest absolute Gasteiger partial charge is 0.387 e. The van der Waals surface area contributed by atoms with Crippen LogP contribution >= 0.6 is 11.8 Å². The number of amides is 1. The Kier molecular flexibility index (Phi) is 4.63. The molecule has 1 aliphatic rings. The fourth-order valence-corrected chi connectivity index (χ4v) is 3.22. The summed E-state index contributed by atoms with van der Waals surface area (Å²) in [6.45, 7) is 2.95. The molecule has 98 valence electrons. The molecule has 0 saturated carbocycles. The van der Waals surface area contributed by atoms with E-state index < -0.39 is 6.10 Å². The van der Waals surface area contributed by atoms with Gasteiger partial charge in [0.05, 0.1) is 6.10 Å². The number of nitrogens with zero attached hydrogens (tertiary/aromatic N) is 1. The molecule has 2 N–H and O–H groups in total. The second kappa shape index (κ2) is 6.22. The van der Waals surface area contributed by atoms with E-state index in [-0.39, 0.29) is 11.4 Å². The van der Waals surface area contributed by atoms with Gasteiger partial charge in [-0.1, -0.05) is 30.3 Å². The van der Waals surface area contributed by atoms with Gasteiger partial charge in [0, 0.05) is 25.8 Å². The highest BCUT2D eigenvalue weighted by molar-refractivity contribution is 8.00. The summed E-state index contributed by atoms with van der Waals surface area (Å²) in [5.74, 6) is 0.945. The van der Waals surface area contributed by atoms with Crippen molar-refractivity contribution in [3.8, 4) is 0 Å². The molecule has 1 aliphatic heterocycles. The molecule has 2 atom stereocenters. The van der Waals surface area contributed by atoms with Gasteiger partial charge in [0.15, 0.2) is 0 Å². The Hall–Kier alpha value is -1.04. The number of carbonyl (C=O) groups excluding carboxylic acids is 1. The van der Waals surface area contributed by atoms with Gasteiger partial charge in [-0.25, -0.2) is 0 Å². The minimum atomic E-state index is -0.513. The first kappa shape index (κ1) is 13.4. The molecule has 2 rings (SSSR count). The van der Waals surface area contributed by atoms with E-state index in [9.17, 15) is 9.90 Å². The zero-order valence-corrected chi connectivity index (χ0v) is 11.2. The Balaban J connectivity index is 1.94. The highest BCUT2D eigenvalue weighted by Gasteiger charge is 2.27. The van der Waals surface area contributed by atoms with E-state index in [0.29, 0.717) is 6.54 Å². The van der Waals surface area contributed by atoms with Crippen LogP contribution in [0.2, 0.25) is 0 Å². The predicted molar refractivity (Wildman–Crippen MR) is 73.0 cm³/mol. The van der Waals surface area contributed by atoms with Crippen molar-refractivity contribution in [3.63, 3.8) is 0 Å². The van der Waals surface area contributed by atoms with Gasteiger partial charge in [-0.3, -0.25) is 9.69 Å². The van der Waals surface area contributed by atoms with Crippen molar-refractivity contribution < 1.29 is 9.90 Å². The molecule has 0 radical (unpaired) electrons. The van der Waals surface area contributed by atoms with Crippen molar-refractivity contribution in [2.75, 3.05) is 18.8 Å². The number of β-amino-alcohol motifs (C(OH)–C–C–N with tert-alkyl or cyclic N) is 1. The third-order valence-corrected chi connectivity index (χ3v) is 4.05. The quantitative estimate of drug-likeness (QED) is 0.859. The number of aliphatic hydroxyl groups is 1. The van der Waals surface area contributed by atoms with E-state index >= 15 is 0 Å². The molecule has 1 heterocycles. The van der Waals surface area contributed by atoms with Crippen LogP contribution in [0.5, 0.6) is 0 Å². The van der Waals surface area contributed by atoms with Gasteiger partial charge in [-0.2, -0.15) is 0 Å². The summed E-state index contributed by atoms with van der Waals surface area (Å²) in [5, 5.41) is 13.1. The maximum Gasteiger partial charge on any atom is 0.218 e. The monoisotopic (exact) mass is 266 g/mol. The first-order valence-corrected chi connectivity index (χ1v) is 7.07. The lowest BCUT2D eigenvalue weighted by atomic mass is 10.1. The number of aliphatic hydroxyl groups excluding tert-OH is 1. The normalized spacial score (nSPS) is 21.8. The van der Waals surface area contributed by atoms with Crippen LogP contribution in [0.4, 0.5) is 0 Å². The number of nitrogens with one attached hydrogen (secondary N) is 1. The zero-order chi connectivity index (χ0) is 13.0. The Bertz CT molecular complexity index is 399. The smallest absolute Gasteiger partial charge is 0.218 e. The molecule has 18 heavy (non-hydrogen) atoms. The molecule has 1 aromatic rings. The Morgan fingerprint density at radius 2 is 2.28 bits per heavy atom. The van der Waals surface area contributed by atoms with Crippen molar-refractivity contribution >= 4 is 17.7 Å². The molecule has 0 spiro atoms. The van der Waals surface area contributed by atoms with Crippen LogP contribution in [0.25, 0.3) is 0 Å². The molecular weight excluding hydrogens is 248 g/mol. The van der Waals surface area contributed by atoms with Crippen molar-refractivity contribution in [2.24, 2.45) is 0 Å². The standard InChI is InChI=1S/C13H18N2O2S/c1-10(16)14-13-15(7-8-18-13)9-12(17)11-5-3-2-4-6-11/h2-6,12-13,17H,7-9H2,1H3,(H,14,16). The van der Waals surface area contributed by atoms with E-state index in [2.05, 4.69) is 10.2 Å². The summed E-state index contributed by atoms with van der Waals surface area (Å²) in [6.07, 6.45) is -0.513. The second-order valence-corrected chi connectivity index (χ2v) is 5.53.